The Morgan fingerprint density at radius 1 is 1.10 bits per heavy atom. The van der Waals surface area contributed by atoms with Gasteiger partial charge < -0.3 is 10.8 Å². The highest BCUT2D eigenvalue weighted by molar-refractivity contribution is 7.22. The lowest BCUT2D eigenvalue weighted by atomic mass is 9.63. The summed E-state index contributed by atoms with van der Waals surface area (Å²) in [6.45, 7) is 6.83. The SMILES string of the molecule is CC(C)C.CC1(O)CC(N)(c2ccc(-c3sc4ncn(CC(F)(F)F)c(=O)c4c3-c3ccccn3)cc2)C1.Cl. The van der Waals surface area contributed by atoms with Crippen molar-refractivity contribution in [3.63, 3.8) is 0 Å². The molecule has 39 heavy (non-hydrogen) atoms. The second-order valence-electron chi connectivity index (χ2n) is 10.8. The molecule has 0 bridgehead atoms. The minimum absolute atomic E-state index is 0. The summed E-state index contributed by atoms with van der Waals surface area (Å²) in [5.41, 5.74) is 6.86. The number of thiophene rings is 1. The average molecular weight is 581 g/mol. The molecule has 0 unspecified atom stereocenters. The van der Waals surface area contributed by atoms with Gasteiger partial charge in [0.2, 0.25) is 0 Å². The number of nitrogens with two attached hydrogens (primary N) is 1. The van der Waals surface area contributed by atoms with Crippen molar-refractivity contribution in [1.29, 1.82) is 0 Å². The molecule has 0 aliphatic heterocycles. The van der Waals surface area contributed by atoms with Crippen LogP contribution in [0.25, 0.3) is 31.9 Å². The van der Waals surface area contributed by atoms with Gasteiger partial charge in [0.1, 0.15) is 11.4 Å². The maximum Gasteiger partial charge on any atom is 0.406 e. The van der Waals surface area contributed by atoms with Gasteiger partial charge >= 0.3 is 6.18 Å². The average Bonchev–Trinajstić information content (AvgIpc) is 3.19. The van der Waals surface area contributed by atoms with Crippen LogP contribution in [-0.4, -0.2) is 31.4 Å². The molecule has 0 saturated heterocycles. The molecule has 0 atom stereocenters. The molecular weight excluding hydrogens is 549 g/mol. The van der Waals surface area contributed by atoms with Gasteiger partial charge in [-0.3, -0.25) is 14.3 Å². The lowest BCUT2D eigenvalue weighted by molar-refractivity contribution is -0.141. The lowest BCUT2D eigenvalue weighted by Crippen LogP contribution is -2.58. The third-order valence-electron chi connectivity index (χ3n) is 6.06. The molecule has 3 heterocycles. The van der Waals surface area contributed by atoms with Crippen molar-refractivity contribution < 1.29 is 18.3 Å². The summed E-state index contributed by atoms with van der Waals surface area (Å²) in [4.78, 5) is 22.6. The number of hydrogen-bond acceptors (Lipinski definition) is 6. The zero-order valence-corrected chi connectivity index (χ0v) is 23.8. The lowest BCUT2D eigenvalue weighted by Gasteiger charge is -2.49. The van der Waals surface area contributed by atoms with Crippen LogP contribution in [0.1, 0.15) is 46.1 Å². The highest BCUT2D eigenvalue weighted by atomic mass is 35.5. The molecule has 0 spiro atoms. The Kier molecular flexibility index (Phi) is 8.96. The first kappa shape index (κ1) is 30.7. The van der Waals surface area contributed by atoms with E-state index < -0.39 is 29.4 Å². The number of nitrogens with zero attached hydrogens (tertiary/aromatic N) is 3. The van der Waals surface area contributed by atoms with Crippen LogP contribution in [0.2, 0.25) is 0 Å². The summed E-state index contributed by atoms with van der Waals surface area (Å²) in [7, 11) is 0. The molecule has 0 radical (unpaired) electrons. The molecule has 1 aromatic carbocycles. The van der Waals surface area contributed by atoms with Crippen LogP contribution in [0.3, 0.4) is 0 Å². The van der Waals surface area contributed by atoms with Crippen molar-refractivity contribution in [3.8, 4) is 21.7 Å². The van der Waals surface area contributed by atoms with Crippen LogP contribution < -0.4 is 11.3 Å². The summed E-state index contributed by atoms with van der Waals surface area (Å²) in [5, 5.41) is 10.2. The summed E-state index contributed by atoms with van der Waals surface area (Å²) in [5.74, 6) is 0.833. The minimum Gasteiger partial charge on any atom is -0.390 e. The molecule has 11 heteroatoms. The van der Waals surface area contributed by atoms with Crippen molar-refractivity contribution in [2.75, 3.05) is 0 Å². The quantitative estimate of drug-likeness (QED) is 0.286. The number of fused-ring (bicyclic) bond motifs is 1. The molecule has 1 saturated carbocycles. The topological polar surface area (TPSA) is 94.0 Å². The van der Waals surface area contributed by atoms with Crippen molar-refractivity contribution in [2.45, 2.75) is 64.4 Å². The largest absolute Gasteiger partial charge is 0.406 e. The number of benzene rings is 1. The first-order chi connectivity index (χ1) is 17.7. The number of aliphatic hydroxyl groups is 1. The molecule has 0 amide bonds. The van der Waals surface area contributed by atoms with E-state index in [-0.39, 0.29) is 17.8 Å². The Morgan fingerprint density at radius 3 is 2.23 bits per heavy atom. The molecule has 4 aromatic rings. The first-order valence-corrected chi connectivity index (χ1v) is 13.1. The van der Waals surface area contributed by atoms with Crippen LogP contribution in [0.15, 0.2) is 59.8 Å². The Hall–Kier alpha value is -2.79. The van der Waals surface area contributed by atoms with Crippen molar-refractivity contribution >= 4 is 34.0 Å². The van der Waals surface area contributed by atoms with E-state index in [1.807, 2.05) is 24.3 Å². The van der Waals surface area contributed by atoms with E-state index >= 15 is 0 Å². The maximum absolute atomic E-state index is 13.1. The second kappa shape index (κ2) is 11.4. The number of pyridine rings is 1. The molecule has 210 valence electrons. The summed E-state index contributed by atoms with van der Waals surface area (Å²) >= 11 is 1.23. The van der Waals surface area contributed by atoms with Crippen LogP contribution in [0.5, 0.6) is 0 Å². The number of halogens is 4. The molecule has 1 aliphatic carbocycles. The van der Waals surface area contributed by atoms with Gasteiger partial charge in [-0.25, -0.2) is 4.98 Å². The van der Waals surface area contributed by atoms with Gasteiger partial charge in [-0.2, -0.15) is 13.2 Å². The molecular formula is C28H32ClF3N4O2S. The highest BCUT2D eigenvalue weighted by Crippen LogP contribution is 2.47. The minimum atomic E-state index is -4.55. The van der Waals surface area contributed by atoms with Crippen LogP contribution in [0, 0.1) is 5.92 Å². The molecule has 3 aromatic heterocycles. The van der Waals surface area contributed by atoms with Gasteiger partial charge in [0.15, 0.2) is 0 Å². The Bertz CT molecular complexity index is 1470. The van der Waals surface area contributed by atoms with Gasteiger partial charge in [-0.05, 0) is 48.9 Å². The normalized spacial score (nSPS) is 20.7. The monoisotopic (exact) mass is 580 g/mol. The fourth-order valence-corrected chi connectivity index (χ4v) is 5.90. The molecule has 1 fully saturated rings. The predicted octanol–water partition coefficient (Wildman–Crippen LogP) is 6.53. The number of hydrogen-bond donors (Lipinski definition) is 2. The summed E-state index contributed by atoms with van der Waals surface area (Å²) < 4.78 is 39.6. The summed E-state index contributed by atoms with van der Waals surface area (Å²) in [6, 6.07) is 12.7. The fourth-order valence-electron chi connectivity index (χ4n) is 4.76. The maximum atomic E-state index is 13.1. The van der Waals surface area contributed by atoms with E-state index in [2.05, 4.69) is 30.7 Å². The first-order valence-electron chi connectivity index (χ1n) is 12.3. The Morgan fingerprint density at radius 2 is 1.72 bits per heavy atom. The van der Waals surface area contributed by atoms with Gasteiger partial charge in [0.25, 0.3) is 5.56 Å². The molecule has 3 N–H and O–H groups in total. The zero-order chi connectivity index (χ0) is 27.9. The highest BCUT2D eigenvalue weighted by Gasteiger charge is 2.49. The van der Waals surface area contributed by atoms with E-state index in [0.29, 0.717) is 38.4 Å². The second-order valence-corrected chi connectivity index (χ2v) is 11.8. The van der Waals surface area contributed by atoms with Crippen LogP contribution in [0.4, 0.5) is 13.2 Å². The van der Waals surface area contributed by atoms with Gasteiger partial charge in [-0.1, -0.05) is 51.1 Å². The summed E-state index contributed by atoms with van der Waals surface area (Å²) in [6.07, 6.45) is -1.15. The van der Waals surface area contributed by atoms with Crippen molar-refractivity contribution in [3.05, 3.63) is 70.9 Å². The van der Waals surface area contributed by atoms with Crippen LogP contribution in [-0.2, 0) is 12.1 Å². The Labute approximate surface area is 235 Å². The third-order valence-corrected chi connectivity index (χ3v) is 7.21. The van der Waals surface area contributed by atoms with Gasteiger partial charge in [-0.15, -0.1) is 23.7 Å². The van der Waals surface area contributed by atoms with E-state index in [4.69, 9.17) is 5.73 Å². The molecule has 1 aliphatic rings. The van der Waals surface area contributed by atoms with Crippen molar-refractivity contribution in [2.24, 2.45) is 11.7 Å². The number of aromatic nitrogens is 3. The predicted molar refractivity (Wildman–Crippen MR) is 152 cm³/mol. The number of rotatable bonds is 4. The molecule has 6 nitrogen and oxygen atoms in total. The zero-order valence-electron chi connectivity index (χ0n) is 22.1. The van der Waals surface area contributed by atoms with Crippen molar-refractivity contribution in [1.82, 2.24) is 14.5 Å². The van der Waals surface area contributed by atoms with Crippen LogP contribution >= 0.6 is 23.7 Å². The Balaban J connectivity index is 0.000000788. The standard InChI is InChI=1S/C24H21F3N4O2S.C4H10.ClH/c1-22(33)10-23(28,11-22)15-7-5-14(6-8-15)19-17(16-4-2-3-9-29-16)18-20(34-19)30-13-31(21(18)32)12-24(25,26)27;1-4(2)3;/h2-9,13,33H,10-12,28H2,1H3;4H,1-3H3;1H. The smallest absolute Gasteiger partial charge is 0.390 e. The molecule has 5 rings (SSSR count). The van der Waals surface area contributed by atoms with E-state index in [0.717, 1.165) is 23.4 Å². The van der Waals surface area contributed by atoms with Gasteiger partial charge in [0, 0.05) is 22.2 Å². The van der Waals surface area contributed by atoms with E-state index in [1.54, 1.807) is 31.3 Å². The van der Waals surface area contributed by atoms with Gasteiger partial charge in [0.05, 0.1) is 23.0 Å². The van der Waals surface area contributed by atoms with E-state index in [9.17, 15) is 23.1 Å². The third kappa shape index (κ3) is 6.87. The fraction of sp³-hybridized carbons (Fsp3) is 0.393. The number of alkyl halides is 3. The van der Waals surface area contributed by atoms with E-state index in [1.165, 1.54) is 11.3 Å².